The van der Waals surface area contributed by atoms with Crippen molar-refractivity contribution in [3.05, 3.63) is 200 Å². The first-order valence-corrected chi connectivity index (χ1v) is 20.6. The van der Waals surface area contributed by atoms with Crippen LogP contribution < -0.4 is 0 Å². The number of benzene rings is 8. The second kappa shape index (κ2) is 12.8. The van der Waals surface area contributed by atoms with Crippen molar-refractivity contribution >= 4 is 75.1 Å². The van der Waals surface area contributed by atoms with Gasteiger partial charge in [0.1, 0.15) is 0 Å². The fraction of sp³-hybridized carbons (Fsp3) is 0.0370. The quantitative estimate of drug-likeness (QED) is 0.166. The Labute approximate surface area is 334 Å². The molecule has 0 bridgehead atoms. The van der Waals surface area contributed by atoms with Gasteiger partial charge >= 0.3 is 0 Å². The molecule has 0 saturated heterocycles. The van der Waals surface area contributed by atoms with Crippen molar-refractivity contribution in [2.24, 2.45) is 0 Å². The molecule has 1 aliphatic rings. The number of hydrogen-bond acceptors (Lipinski definition) is 1. The number of allylic oxidation sites excluding steroid dienone is 4. The maximum Gasteiger partial charge on any atom is 0.0560 e. The Morgan fingerprint density at radius 2 is 1.14 bits per heavy atom. The summed E-state index contributed by atoms with van der Waals surface area (Å²) in [6.07, 6.45) is 9.95. The molecule has 8 aromatic carbocycles. The molecule has 2 nitrogen and oxygen atoms in total. The Balaban J connectivity index is 1.09. The van der Waals surface area contributed by atoms with Crippen LogP contribution >= 0.6 is 11.3 Å². The lowest BCUT2D eigenvalue weighted by Gasteiger charge is -2.18. The number of aromatic nitrogens is 2. The summed E-state index contributed by atoms with van der Waals surface area (Å²) in [6.45, 7) is 0. The summed E-state index contributed by atoms with van der Waals surface area (Å²) in [7, 11) is 0. The Kier molecular flexibility index (Phi) is 7.26. The third kappa shape index (κ3) is 5.02. The molecule has 0 spiro atoms. The molecule has 1 aliphatic carbocycles. The fourth-order valence-electron chi connectivity index (χ4n) is 9.48. The number of rotatable bonds is 5. The summed E-state index contributed by atoms with van der Waals surface area (Å²) in [5.74, 6) is 0. The van der Waals surface area contributed by atoms with E-state index < -0.39 is 0 Å². The van der Waals surface area contributed by atoms with Gasteiger partial charge in [0.25, 0.3) is 0 Å². The van der Waals surface area contributed by atoms with Gasteiger partial charge in [-0.25, -0.2) is 0 Å². The molecule has 11 aromatic rings. The van der Waals surface area contributed by atoms with Crippen LogP contribution in [0.15, 0.2) is 200 Å². The average Bonchev–Trinajstić information content (AvgIpc) is 3.94. The minimum atomic E-state index is 0.288. The van der Waals surface area contributed by atoms with Crippen LogP contribution in [0.3, 0.4) is 0 Å². The van der Waals surface area contributed by atoms with E-state index >= 15 is 0 Å². The SMILES string of the molecule is C1=CCC(n2c3ccccc3c3c(-c4ccc5c(c4)c4ccccc4n5-c4cc(-c5cccc(-c6ccccc6)c5)c5sc6ccccc6c5c4)cccc32)C=C1. The van der Waals surface area contributed by atoms with Crippen LogP contribution in [-0.2, 0) is 0 Å². The van der Waals surface area contributed by atoms with Gasteiger partial charge in [0.15, 0.2) is 0 Å². The van der Waals surface area contributed by atoms with E-state index in [-0.39, 0.29) is 6.04 Å². The van der Waals surface area contributed by atoms with Crippen molar-refractivity contribution < 1.29 is 0 Å². The molecule has 3 heterocycles. The van der Waals surface area contributed by atoms with Gasteiger partial charge in [-0.05, 0) is 88.8 Å². The molecule has 3 aromatic heterocycles. The summed E-state index contributed by atoms with van der Waals surface area (Å²) in [5.41, 5.74) is 13.6. The standard InChI is InChI=1S/C54H36N2S/c1-3-15-35(16-4-1)36-17-13-18-37(31-36)45-33-40(34-47-43-22-9-12-28-52(43)57-54(45)47)56-48-25-10-7-21-42(48)46-32-38(29-30-50(46)56)41-24-14-27-51-53(41)44-23-8-11-26-49(44)55(51)39-19-5-2-6-20-39/h1-19,21-34,39H,20H2. The smallest absolute Gasteiger partial charge is 0.0560 e. The topological polar surface area (TPSA) is 9.86 Å². The van der Waals surface area contributed by atoms with Gasteiger partial charge in [-0.2, -0.15) is 0 Å². The Morgan fingerprint density at radius 3 is 2.02 bits per heavy atom. The molecule has 268 valence electrons. The Morgan fingerprint density at radius 1 is 0.439 bits per heavy atom. The van der Waals surface area contributed by atoms with E-state index in [1.165, 1.54) is 103 Å². The van der Waals surface area contributed by atoms with Gasteiger partial charge < -0.3 is 9.13 Å². The number of hydrogen-bond donors (Lipinski definition) is 0. The van der Waals surface area contributed by atoms with Crippen LogP contribution in [0, 0.1) is 0 Å². The summed E-state index contributed by atoms with van der Waals surface area (Å²) in [5, 5.41) is 7.72. The van der Waals surface area contributed by atoms with E-state index in [2.05, 4.69) is 209 Å². The van der Waals surface area contributed by atoms with E-state index in [1.807, 2.05) is 11.3 Å². The number of para-hydroxylation sites is 2. The maximum absolute atomic E-state index is 2.54. The van der Waals surface area contributed by atoms with Crippen LogP contribution in [0.2, 0.25) is 0 Å². The summed E-state index contributed by atoms with van der Waals surface area (Å²) < 4.78 is 7.65. The molecular formula is C54H36N2S. The molecular weight excluding hydrogens is 709 g/mol. The highest BCUT2D eigenvalue weighted by atomic mass is 32.1. The van der Waals surface area contributed by atoms with Gasteiger partial charge in [0.2, 0.25) is 0 Å². The zero-order chi connectivity index (χ0) is 37.5. The van der Waals surface area contributed by atoms with E-state index in [1.54, 1.807) is 0 Å². The highest BCUT2D eigenvalue weighted by Crippen LogP contribution is 2.45. The van der Waals surface area contributed by atoms with Gasteiger partial charge in [0.05, 0.1) is 22.6 Å². The first kappa shape index (κ1) is 32.3. The summed E-state index contributed by atoms with van der Waals surface area (Å²) in [4.78, 5) is 0. The highest BCUT2D eigenvalue weighted by molar-refractivity contribution is 7.26. The first-order valence-electron chi connectivity index (χ1n) is 19.8. The monoisotopic (exact) mass is 744 g/mol. The van der Waals surface area contributed by atoms with Crippen LogP contribution in [0.25, 0.3) is 103 Å². The second-order valence-electron chi connectivity index (χ2n) is 15.2. The second-order valence-corrected chi connectivity index (χ2v) is 16.3. The Bertz CT molecular complexity index is 3440. The number of fused-ring (bicyclic) bond motifs is 9. The molecule has 0 saturated carbocycles. The van der Waals surface area contributed by atoms with Crippen LogP contribution in [0.1, 0.15) is 12.5 Å². The van der Waals surface area contributed by atoms with E-state index in [0.29, 0.717) is 0 Å². The molecule has 0 fully saturated rings. The minimum Gasteiger partial charge on any atom is -0.333 e. The van der Waals surface area contributed by atoms with Crippen molar-refractivity contribution in [3.63, 3.8) is 0 Å². The van der Waals surface area contributed by atoms with Crippen molar-refractivity contribution in [3.8, 4) is 39.1 Å². The van der Waals surface area contributed by atoms with Crippen LogP contribution in [0.5, 0.6) is 0 Å². The zero-order valence-electron chi connectivity index (χ0n) is 31.1. The van der Waals surface area contributed by atoms with Gasteiger partial charge in [-0.15, -0.1) is 11.3 Å². The molecule has 0 radical (unpaired) electrons. The number of nitrogens with zero attached hydrogens (tertiary/aromatic N) is 2. The molecule has 0 N–H and O–H groups in total. The van der Waals surface area contributed by atoms with Gasteiger partial charge in [-0.1, -0.05) is 146 Å². The molecule has 12 rings (SSSR count). The van der Waals surface area contributed by atoms with Crippen LogP contribution in [-0.4, -0.2) is 9.13 Å². The fourth-order valence-corrected chi connectivity index (χ4v) is 10.7. The van der Waals surface area contributed by atoms with Crippen LogP contribution in [0.4, 0.5) is 0 Å². The van der Waals surface area contributed by atoms with Crippen molar-refractivity contribution in [1.82, 2.24) is 9.13 Å². The molecule has 1 unspecified atom stereocenters. The molecule has 57 heavy (non-hydrogen) atoms. The first-order chi connectivity index (χ1) is 28.3. The average molecular weight is 745 g/mol. The lowest BCUT2D eigenvalue weighted by Crippen LogP contribution is -2.06. The van der Waals surface area contributed by atoms with Gasteiger partial charge in [-0.3, -0.25) is 0 Å². The third-order valence-electron chi connectivity index (χ3n) is 12.0. The maximum atomic E-state index is 2.54. The lowest BCUT2D eigenvalue weighted by atomic mass is 9.97. The molecule has 3 heteroatoms. The van der Waals surface area contributed by atoms with Crippen molar-refractivity contribution in [1.29, 1.82) is 0 Å². The normalized spacial score (nSPS) is 14.3. The minimum absolute atomic E-state index is 0.288. The van der Waals surface area contributed by atoms with Crippen molar-refractivity contribution in [2.45, 2.75) is 12.5 Å². The van der Waals surface area contributed by atoms with E-state index in [0.717, 1.165) is 6.42 Å². The predicted octanol–water partition coefficient (Wildman–Crippen LogP) is 15.3. The van der Waals surface area contributed by atoms with E-state index in [9.17, 15) is 0 Å². The number of thiophene rings is 1. The summed E-state index contributed by atoms with van der Waals surface area (Å²) >= 11 is 1.89. The third-order valence-corrected chi connectivity index (χ3v) is 13.2. The zero-order valence-corrected chi connectivity index (χ0v) is 32.0. The van der Waals surface area contributed by atoms with Gasteiger partial charge in [0, 0.05) is 58.5 Å². The highest BCUT2D eigenvalue weighted by Gasteiger charge is 2.21. The molecule has 0 amide bonds. The summed E-state index contributed by atoms with van der Waals surface area (Å²) in [6, 6.07) is 65.5. The molecule has 0 aliphatic heterocycles. The largest absolute Gasteiger partial charge is 0.333 e. The predicted molar refractivity (Wildman–Crippen MR) is 245 cm³/mol. The molecule has 1 atom stereocenters. The lowest BCUT2D eigenvalue weighted by molar-refractivity contribution is 0.648. The Hall–Kier alpha value is -6.94. The van der Waals surface area contributed by atoms with Crippen molar-refractivity contribution in [2.75, 3.05) is 0 Å². The van der Waals surface area contributed by atoms with E-state index in [4.69, 9.17) is 0 Å².